The minimum absolute atomic E-state index is 0.0690. The van der Waals surface area contributed by atoms with E-state index in [0.29, 0.717) is 41.4 Å². The third-order valence-electron chi connectivity index (χ3n) is 6.90. The van der Waals surface area contributed by atoms with Crippen LogP contribution in [0.2, 0.25) is 5.02 Å². The first kappa shape index (κ1) is 22.9. The number of carbonyl (C=O) groups is 1. The predicted molar refractivity (Wildman–Crippen MR) is 134 cm³/mol. The van der Waals surface area contributed by atoms with Crippen molar-refractivity contribution >= 4 is 17.5 Å². The Morgan fingerprint density at radius 1 is 1.09 bits per heavy atom. The van der Waals surface area contributed by atoms with Crippen LogP contribution in [0.1, 0.15) is 36.0 Å². The number of halogens is 2. The molecule has 6 heteroatoms. The van der Waals surface area contributed by atoms with Crippen LogP contribution < -0.4 is 15.4 Å². The lowest BCUT2D eigenvalue weighted by atomic mass is 9.93. The molecule has 34 heavy (non-hydrogen) atoms. The van der Waals surface area contributed by atoms with Crippen LogP contribution in [-0.2, 0) is 24.2 Å². The molecule has 0 aromatic heterocycles. The topological polar surface area (TPSA) is 50.4 Å². The molecule has 0 radical (unpaired) electrons. The minimum atomic E-state index is -0.348. The number of hydrogen-bond acceptors (Lipinski definition) is 3. The number of benzene rings is 3. The standard InChI is InChI=1S/C28H28ClFN2O2/c1-34-26-14-18(13-25(30)24(26)16-31-15-19-11-12-27(33)32-19)21-8-4-10-23(28(21)29)22-9-3-6-17-5-2-7-20(17)22/h3-4,6,8-10,13-14,19,31H,2,5,7,11-12,15-16H2,1H3,(H,32,33)/t19-/m0/s1. The van der Waals surface area contributed by atoms with E-state index >= 15 is 4.39 Å². The van der Waals surface area contributed by atoms with Crippen LogP contribution in [0.15, 0.2) is 48.5 Å². The van der Waals surface area contributed by atoms with Gasteiger partial charge in [-0.25, -0.2) is 4.39 Å². The molecule has 0 saturated carbocycles. The maximum Gasteiger partial charge on any atom is 0.220 e. The van der Waals surface area contributed by atoms with Gasteiger partial charge in [-0.05, 0) is 60.1 Å². The van der Waals surface area contributed by atoms with Crippen molar-refractivity contribution < 1.29 is 13.9 Å². The molecule has 1 amide bonds. The molecule has 3 aromatic carbocycles. The summed E-state index contributed by atoms with van der Waals surface area (Å²) in [5, 5.41) is 6.77. The van der Waals surface area contributed by atoms with Gasteiger partial charge in [0, 0.05) is 42.2 Å². The smallest absolute Gasteiger partial charge is 0.220 e. The van der Waals surface area contributed by atoms with Gasteiger partial charge in [0.2, 0.25) is 5.91 Å². The first-order chi connectivity index (χ1) is 16.5. The molecule has 1 fully saturated rings. The van der Waals surface area contributed by atoms with Gasteiger partial charge in [0.25, 0.3) is 0 Å². The number of methoxy groups -OCH3 is 1. The average molecular weight is 479 g/mol. The summed E-state index contributed by atoms with van der Waals surface area (Å²) < 4.78 is 20.8. The maximum absolute atomic E-state index is 15.2. The van der Waals surface area contributed by atoms with Crippen molar-refractivity contribution in [3.05, 3.63) is 76.1 Å². The SMILES string of the molecule is COc1cc(-c2cccc(-c3cccc4c3CCC4)c2Cl)cc(F)c1CNC[C@@H]1CCC(=O)N1. The number of rotatable bonds is 7. The highest BCUT2D eigenvalue weighted by atomic mass is 35.5. The van der Waals surface area contributed by atoms with E-state index in [1.807, 2.05) is 24.3 Å². The van der Waals surface area contributed by atoms with Crippen molar-refractivity contribution in [3.8, 4) is 28.0 Å². The summed E-state index contributed by atoms with van der Waals surface area (Å²) in [7, 11) is 1.55. The maximum atomic E-state index is 15.2. The van der Waals surface area contributed by atoms with Crippen LogP contribution >= 0.6 is 11.6 Å². The molecule has 0 bridgehead atoms. The lowest BCUT2D eigenvalue weighted by Crippen LogP contribution is -2.35. The molecule has 1 atom stereocenters. The lowest BCUT2D eigenvalue weighted by Gasteiger charge is -2.17. The molecule has 176 valence electrons. The summed E-state index contributed by atoms with van der Waals surface area (Å²) >= 11 is 6.93. The lowest BCUT2D eigenvalue weighted by molar-refractivity contribution is -0.119. The number of ether oxygens (including phenoxy) is 1. The van der Waals surface area contributed by atoms with E-state index in [1.54, 1.807) is 7.11 Å². The fourth-order valence-corrected chi connectivity index (χ4v) is 5.49. The van der Waals surface area contributed by atoms with Crippen LogP contribution in [0.4, 0.5) is 4.39 Å². The van der Waals surface area contributed by atoms with Gasteiger partial charge >= 0.3 is 0 Å². The second-order valence-corrected chi connectivity index (χ2v) is 9.41. The zero-order valence-corrected chi connectivity index (χ0v) is 20.0. The van der Waals surface area contributed by atoms with Gasteiger partial charge < -0.3 is 15.4 Å². The van der Waals surface area contributed by atoms with E-state index in [-0.39, 0.29) is 17.8 Å². The quantitative estimate of drug-likeness (QED) is 0.459. The van der Waals surface area contributed by atoms with Crippen molar-refractivity contribution in [1.29, 1.82) is 0 Å². The molecule has 1 heterocycles. The Kier molecular flexibility index (Phi) is 6.57. The molecule has 0 spiro atoms. The fraction of sp³-hybridized carbons (Fsp3) is 0.321. The van der Waals surface area contributed by atoms with E-state index in [0.717, 1.165) is 42.4 Å². The van der Waals surface area contributed by atoms with Gasteiger partial charge in [0.05, 0.1) is 12.1 Å². The molecule has 4 nitrogen and oxygen atoms in total. The van der Waals surface area contributed by atoms with Crippen LogP contribution in [0.3, 0.4) is 0 Å². The highest BCUT2D eigenvalue weighted by Crippen LogP contribution is 2.41. The zero-order chi connectivity index (χ0) is 23.7. The summed E-state index contributed by atoms with van der Waals surface area (Å²) in [5.41, 5.74) is 6.81. The minimum Gasteiger partial charge on any atom is -0.496 e. The third kappa shape index (κ3) is 4.42. The Labute approximate surface area is 204 Å². The third-order valence-corrected chi connectivity index (χ3v) is 7.30. The molecule has 1 aliphatic heterocycles. The van der Waals surface area contributed by atoms with E-state index in [4.69, 9.17) is 16.3 Å². The van der Waals surface area contributed by atoms with Crippen LogP contribution in [0.5, 0.6) is 5.75 Å². The summed E-state index contributed by atoms with van der Waals surface area (Å²) in [4.78, 5) is 11.4. The normalized spacial score (nSPS) is 17.0. The molecule has 2 aliphatic rings. The number of amides is 1. The Bertz CT molecular complexity index is 1240. The first-order valence-electron chi connectivity index (χ1n) is 11.8. The first-order valence-corrected chi connectivity index (χ1v) is 12.2. The van der Waals surface area contributed by atoms with Gasteiger partial charge in [0.1, 0.15) is 11.6 Å². The van der Waals surface area contributed by atoms with Crippen LogP contribution in [-0.4, -0.2) is 25.6 Å². The summed E-state index contributed by atoms with van der Waals surface area (Å²) in [5.74, 6) is 0.193. The molecule has 0 unspecified atom stereocenters. The predicted octanol–water partition coefficient (Wildman–Crippen LogP) is 5.68. The molecule has 1 saturated heterocycles. The highest BCUT2D eigenvalue weighted by Gasteiger charge is 2.22. The van der Waals surface area contributed by atoms with Crippen molar-refractivity contribution in [3.63, 3.8) is 0 Å². The van der Waals surface area contributed by atoms with E-state index < -0.39 is 0 Å². The molecule has 3 aromatic rings. The van der Waals surface area contributed by atoms with Crippen molar-refractivity contribution in [2.24, 2.45) is 0 Å². The van der Waals surface area contributed by atoms with Gasteiger partial charge in [0.15, 0.2) is 0 Å². The number of aryl methyl sites for hydroxylation is 1. The Morgan fingerprint density at radius 3 is 2.68 bits per heavy atom. The van der Waals surface area contributed by atoms with E-state index in [1.165, 1.54) is 17.2 Å². The number of carbonyl (C=O) groups excluding carboxylic acids is 1. The average Bonchev–Trinajstić information content (AvgIpc) is 3.48. The van der Waals surface area contributed by atoms with Crippen LogP contribution in [0.25, 0.3) is 22.3 Å². The van der Waals surface area contributed by atoms with Gasteiger partial charge in [-0.1, -0.05) is 48.0 Å². The number of hydrogen-bond donors (Lipinski definition) is 2. The Balaban J connectivity index is 1.43. The second-order valence-electron chi connectivity index (χ2n) is 9.04. The molecular formula is C28H28ClFN2O2. The number of nitrogens with one attached hydrogen (secondary N) is 2. The van der Waals surface area contributed by atoms with Crippen molar-refractivity contribution in [2.75, 3.05) is 13.7 Å². The van der Waals surface area contributed by atoms with E-state index in [9.17, 15) is 4.79 Å². The van der Waals surface area contributed by atoms with Gasteiger partial charge in [-0.3, -0.25) is 4.79 Å². The molecule has 1 aliphatic carbocycles. The second kappa shape index (κ2) is 9.77. The summed E-state index contributed by atoms with van der Waals surface area (Å²) in [6, 6.07) is 15.8. The van der Waals surface area contributed by atoms with Crippen molar-refractivity contribution in [1.82, 2.24) is 10.6 Å². The van der Waals surface area contributed by atoms with Gasteiger partial charge in [-0.2, -0.15) is 0 Å². The summed E-state index contributed by atoms with van der Waals surface area (Å²) in [6.07, 6.45) is 4.66. The monoisotopic (exact) mass is 478 g/mol. The van der Waals surface area contributed by atoms with E-state index in [2.05, 4.69) is 28.8 Å². The summed E-state index contributed by atoms with van der Waals surface area (Å²) in [6.45, 7) is 0.900. The number of fused-ring (bicyclic) bond motifs is 1. The fourth-order valence-electron chi connectivity index (χ4n) is 5.16. The highest BCUT2D eigenvalue weighted by molar-refractivity contribution is 6.36. The zero-order valence-electron chi connectivity index (χ0n) is 19.2. The Morgan fingerprint density at radius 2 is 1.88 bits per heavy atom. The largest absolute Gasteiger partial charge is 0.496 e. The Hall–Kier alpha value is -2.89. The van der Waals surface area contributed by atoms with Crippen LogP contribution in [0, 0.1) is 5.82 Å². The van der Waals surface area contributed by atoms with Crippen molar-refractivity contribution in [2.45, 2.75) is 44.7 Å². The molecule has 5 rings (SSSR count). The van der Waals surface area contributed by atoms with Gasteiger partial charge in [-0.15, -0.1) is 0 Å². The molecule has 2 N–H and O–H groups in total. The molecular weight excluding hydrogens is 451 g/mol.